The summed E-state index contributed by atoms with van der Waals surface area (Å²) in [5.74, 6) is -0.247. The van der Waals surface area contributed by atoms with Crippen LogP contribution in [-0.4, -0.2) is 37.6 Å². The Kier molecular flexibility index (Phi) is 7.65. The minimum absolute atomic E-state index is 0.0517. The highest BCUT2D eigenvalue weighted by Gasteiger charge is 2.26. The Hall–Kier alpha value is -2.23. The van der Waals surface area contributed by atoms with Crippen LogP contribution in [0.25, 0.3) is 10.1 Å². The molecule has 1 aromatic heterocycles. The normalized spacial score (nSPS) is 12.0. The van der Waals surface area contributed by atoms with Gasteiger partial charge in [0.1, 0.15) is 34.7 Å². The Morgan fingerprint density at radius 2 is 2.03 bits per heavy atom. The van der Waals surface area contributed by atoms with Crippen LogP contribution in [0.4, 0.5) is 10.1 Å². The third-order valence-corrected chi connectivity index (χ3v) is 8.97. The average molecular weight is 534 g/mol. The molecule has 0 amide bonds. The summed E-state index contributed by atoms with van der Waals surface area (Å²) in [6, 6.07) is 9.04. The number of aryl methyl sites for hydroxylation is 1. The number of ether oxygens (including phenoxy) is 1. The van der Waals surface area contributed by atoms with Crippen LogP contribution in [0.2, 0.25) is 5.02 Å². The van der Waals surface area contributed by atoms with Crippen molar-refractivity contribution >= 4 is 56.3 Å². The van der Waals surface area contributed by atoms with E-state index < -0.39 is 29.7 Å². The van der Waals surface area contributed by atoms with Gasteiger partial charge in [-0.15, -0.1) is 11.3 Å². The first-order valence-corrected chi connectivity index (χ1v) is 13.7. The summed E-state index contributed by atoms with van der Waals surface area (Å²) in [5, 5.41) is 12.5. The molecule has 0 spiro atoms. The molecule has 0 aliphatic heterocycles. The highest BCUT2D eigenvalue weighted by molar-refractivity contribution is 7.92. The molecule has 3 rings (SSSR count). The van der Waals surface area contributed by atoms with Crippen molar-refractivity contribution in [3.8, 4) is 11.8 Å². The molecule has 0 aliphatic rings. The maximum Gasteiger partial charge on any atom is 0.340 e. The highest BCUT2D eigenvalue weighted by atomic mass is 35.5. The summed E-state index contributed by atoms with van der Waals surface area (Å²) in [4.78, 5) is 17.9. The number of nitrogens with zero attached hydrogens (tertiary/aromatic N) is 1. The monoisotopic (exact) mass is 533 g/mol. The number of hydrogen-bond donors (Lipinski definition) is 4. The zero-order valence-corrected chi connectivity index (χ0v) is 20.3. The summed E-state index contributed by atoms with van der Waals surface area (Å²) >= 11 is 7.19. The summed E-state index contributed by atoms with van der Waals surface area (Å²) in [7, 11) is -8.73. The molecule has 0 unspecified atom stereocenters. The first-order valence-electron chi connectivity index (χ1n) is 9.24. The molecular weight excluding hydrogens is 516 g/mol. The van der Waals surface area contributed by atoms with Crippen molar-refractivity contribution in [2.45, 2.75) is 11.1 Å². The molecule has 0 fully saturated rings. The minimum atomic E-state index is -4.57. The second-order valence-electron chi connectivity index (χ2n) is 6.85. The molecule has 3 aromatic rings. The summed E-state index contributed by atoms with van der Waals surface area (Å²) in [6.45, 7) is 2.06. The molecule has 14 heteroatoms. The van der Waals surface area contributed by atoms with Crippen molar-refractivity contribution in [2.75, 3.05) is 24.8 Å². The molecule has 33 heavy (non-hydrogen) atoms. The second-order valence-corrected chi connectivity index (χ2v) is 11.9. The van der Waals surface area contributed by atoms with E-state index in [1.165, 1.54) is 18.2 Å². The van der Waals surface area contributed by atoms with E-state index in [4.69, 9.17) is 31.4 Å². The van der Waals surface area contributed by atoms with Gasteiger partial charge < -0.3 is 19.8 Å². The van der Waals surface area contributed by atoms with Gasteiger partial charge in [0.05, 0.1) is 15.3 Å². The Labute approximate surface area is 198 Å². The number of nitriles is 1. The number of rotatable bonds is 9. The van der Waals surface area contributed by atoms with E-state index in [1.807, 2.05) is 4.72 Å². The number of fused-ring (bicyclic) bond motifs is 1. The van der Waals surface area contributed by atoms with Crippen LogP contribution in [-0.2, 0) is 14.6 Å². The smallest absolute Gasteiger partial charge is 0.340 e. The van der Waals surface area contributed by atoms with Gasteiger partial charge >= 0.3 is 7.60 Å². The van der Waals surface area contributed by atoms with E-state index >= 15 is 0 Å². The number of nitrogens with one attached hydrogen (secondary N) is 2. The number of halogens is 2. The number of benzene rings is 2. The van der Waals surface area contributed by atoms with Crippen LogP contribution in [0.3, 0.4) is 0 Å². The molecule has 0 aliphatic carbocycles. The average Bonchev–Trinajstić information content (AvgIpc) is 3.08. The number of anilines is 1. The molecule has 4 N–H and O–H groups in total. The van der Waals surface area contributed by atoms with Crippen molar-refractivity contribution in [3.05, 3.63) is 52.3 Å². The fourth-order valence-electron chi connectivity index (χ4n) is 2.88. The predicted octanol–water partition coefficient (Wildman–Crippen LogP) is 3.78. The Bertz CT molecular complexity index is 1400. The predicted molar refractivity (Wildman–Crippen MR) is 124 cm³/mol. The topological polar surface area (TPSA) is 149 Å². The van der Waals surface area contributed by atoms with Crippen LogP contribution in [0.1, 0.15) is 11.1 Å². The van der Waals surface area contributed by atoms with Gasteiger partial charge in [0.25, 0.3) is 10.0 Å². The van der Waals surface area contributed by atoms with E-state index in [1.54, 1.807) is 25.1 Å². The van der Waals surface area contributed by atoms with Gasteiger partial charge in [0.15, 0.2) is 0 Å². The summed E-state index contributed by atoms with van der Waals surface area (Å²) in [5.41, 5.74) is 0.797. The Morgan fingerprint density at radius 1 is 1.30 bits per heavy atom. The molecule has 176 valence electrons. The fraction of sp³-hybridized carbons (Fsp3) is 0.211. The molecule has 9 nitrogen and oxygen atoms in total. The van der Waals surface area contributed by atoms with Crippen LogP contribution in [0.5, 0.6) is 5.75 Å². The number of sulfonamides is 1. The van der Waals surface area contributed by atoms with Crippen molar-refractivity contribution in [2.24, 2.45) is 0 Å². The zero-order valence-electron chi connectivity index (χ0n) is 17.0. The molecule has 0 bridgehead atoms. The maximum atomic E-state index is 13.7. The quantitative estimate of drug-likeness (QED) is 0.240. The molecule has 2 aromatic carbocycles. The van der Waals surface area contributed by atoms with Gasteiger partial charge in [-0.3, -0.25) is 4.57 Å². The van der Waals surface area contributed by atoms with E-state index in [9.17, 15) is 17.4 Å². The van der Waals surface area contributed by atoms with Crippen molar-refractivity contribution < 1.29 is 31.9 Å². The lowest BCUT2D eigenvalue weighted by atomic mass is 10.2. The standard InChI is InChI=1S/C19H18ClFN3O6PS2/c1-11-15-7-14(30-5-4-23-13-3-2-12(9-22)17(21)6-13)8-16(20)18(15)32-19(11)33(28,29)24-10-31(25,26)27/h2-3,6-8,23-24H,4-5,10H2,1H3,(H2,25,26,27). The van der Waals surface area contributed by atoms with Crippen LogP contribution in [0.15, 0.2) is 34.5 Å². The zero-order chi connectivity index (χ0) is 24.4. The van der Waals surface area contributed by atoms with Crippen LogP contribution >= 0.6 is 30.5 Å². The highest BCUT2D eigenvalue weighted by Crippen LogP contribution is 2.41. The number of hydrogen-bond acceptors (Lipinski definition) is 7. The van der Waals surface area contributed by atoms with E-state index in [0.717, 1.165) is 11.3 Å². The van der Waals surface area contributed by atoms with Crippen molar-refractivity contribution in [1.82, 2.24) is 4.72 Å². The third kappa shape index (κ3) is 6.22. The first kappa shape index (κ1) is 25.4. The molecule has 1 heterocycles. The maximum absolute atomic E-state index is 13.7. The summed E-state index contributed by atoms with van der Waals surface area (Å²) in [6.07, 6.45) is -1.01. The minimum Gasteiger partial charge on any atom is -0.492 e. The lowest BCUT2D eigenvalue weighted by Crippen LogP contribution is -2.24. The lowest BCUT2D eigenvalue weighted by Gasteiger charge is -2.10. The van der Waals surface area contributed by atoms with Gasteiger partial charge in [0, 0.05) is 23.7 Å². The molecular formula is C19H18ClFN3O6PS2. The van der Waals surface area contributed by atoms with E-state index in [-0.39, 0.29) is 21.4 Å². The van der Waals surface area contributed by atoms with E-state index in [2.05, 4.69) is 5.32 Å². The van der Waals surface area contributed by atoms with Crippen LogP contribution < -0.4 is 14.8 Å². The molecule has 0 radical (unpaired) electrons. The largest absolute Gasteiger partial charge is 0.492 e. The van der Waals surface area contributed by atoms with Gasteiger partial charge in [-0.2, -0.15) is 9.98 Å². The first-order chi connectivity index (χ1) is 15.4. The van der Waals surface area contributed by atoms with Gasteiger partial charge in [-0.05, 0) is 36.8 Å². The Morgan fingerprint density at radius 3 is 2.67 bits per heavy atom. The number of thiophene rings is 1. The summed E-state index contributed by atoms with van der Waals surface area (Å²) < 4.78 is 57.7. The third-order valence-electron chi connectivity index (χ3n) is 4.42. The Balaban J connectivity index is 1.72. The SMILES string of the molecule is Cc1c(S(=O)(=O)NCP(=O)(O)O)sc2c(Cl)cc(OCCNc3ccc(C#N)c(F)c3)cc12. The second kappa shape index (κ2) is 9.95. The van der Waals surface area contributed by atoms with Gasteiger partial charge in [0.2, 0.25) is 0 Å². The van der Waals surface area contributed by atoms with Crippen molar-refractivity contribution in [1.29, 1.82) is 5.26 Å². The van der Waals surface area contributed by atoms with Crippen LogP contribution in [0, 0.1) is 24.1 Å². The fourth-order valence-corrected chi connectivity index (χ4v) is 7.00. The molecule has 0 saturated carbocycles. The van der Waals surface area contributed by atoms with Gasteiger partial charge in [-0.1, -0.05) is 11.6 Å². The van der Waals surface area contributed by atoms with Gasteiger partial charge in [-0.25, -0.2) is 12.8 Å². The molecule has 0 atom stereocenters. The molecule has 0 saturated heterocycles. The van der Waals surface area contributed by atoms with E-state index in [0.29, 0.717) is 33.6 Å². The van der Waals surface area contributed by atoms with Crippen molar-refractivity contribution in [3.63, 3.8) is 0 Å². The lowest BCUT2D eigenvalue weighted by molar-refractivity contribution is 0.333.